The molecule has 0 spiro atoms. The molecule has 0 bridgehead atoms. The molecule has 2 heteroatoms. The van der Waals surface area contributed by atoms with Crippen molar-refractivity contribution < 1.29 is 9.53 Å². The van der Waals surface area contributed by atoms with Crippen LogP contribution < -0.4 is 0 Å². The number of hydrogen-bond acceptors (Lipinski definition) is 2. The van der Waals surface area contributed by atoms with Gasteiger partial charge in [-0.1, -0.05) is 151 Å². The first kappa shape index (κ1) is 26.3. The summed E-state index contributed by atoms with van der Waals surface area (Å²) in [5.41, 5.74) is 1.65. The molecule has 0 aliphatic heterocycles. The lowest BCUT2D eigenvalue weighted by Gasteiger charge is -2.17. The molecule has 0 fully saturated rings. The van der Waals surface area contributed by atoms with Crippen molar-refractivity contribution in [3.63, 3.8) is 0 Å². The van der Waals surface area contributed by atoms with Gasteiger partial charge in [0.1, 0.15) is 6.10 Å². The van der Waals surface area contributed by atoms with Crippen molar-refractivity contribution in [2.45, 2.75) is 103 Å². The highest BCUT2D eigenvalue weighted by Gasteiger charge is 2.22. The van der Waals surface area contributed by atoms with Crippen LogP contribution in [0.4, 0.5) is 0 Å². The van der Waals surface area contributed by atoms with E-state index in [0.717, 1.165) is 12.0 Å². The highest BCUT2D eigenvalue weighted by Crippen LogP contribution is 2.23. The lowest BCUT2D eigenvalue weighted by molar-refractivity contribution is 0.0391. The van der Waals surface area contributed by atoms with E-state index in [1.54, 1.807) is 0 Å². The fourth-order valence-electron chi connectivity index (χ4n) is 4.20. The van der Waals surface area contributed by atoms with E-state index in [1.807, 2.05) is 60.7 Å². The zero-order valence-corrected chi connectivity index (χ0v) is 20.3. The second-order valence-corrected chi connectivity index (χ2v) is 8.99. The normalized spacial score (nSPS) is 12.0. The quantitative estimate of drug-likeness (QED) is 0.162. The van der Waals surface area contributed by atoms with E-state index in [0.29, 0.717) is 12.2 Å². The minimum atomic E-state index is -0.513. The molecule has 2 nitrogen and oxygen atoms in total. The van der Waals surface area contributed by atoms with Crippen molar-refractivity contribution in [1.29, 1.82) is 0 Å². The Labute approximate surface area is 196 Å². The molecule has 2 aromatic rings. The van der Waals surface area contributed by atoms with E-state index < -0.39 is 6.10 Å². The second kappa shape index (κ2) is 17.6. The summed E-state index contributed by atoms with van der Waals surface area (Å²) in [4.78, 5) is 13.0. The molecule has 0 radical (unpaired) electrons. The van der Waals surface area contributed by atoms with E-state index in [-0.39, 0.29) is 5.78 Å². The van der Waals surface area contributed by atoms with Gasteiger partial charge >= 0.3 is 0 Å². The molecular formula is C30H44O2. The Balaban J connectivity index is 1.55. The van der Waals surface area contributed by atoms with E-state index in [1.165, 1.54) is 83.5 Å². The minimum absolute atomic E-state index is 0.0437. The van der Waals surface area contributed by atoms with Gasteiger partial charge in [0.25, 0.3) is 0 Å². The van der Waals surface area contributed by atoms with Gasteiger partial charge in [0.15, 0.2) is 5.78 Å². The second-order valence-electron chi connectivity index (χ2n) is 8.99. The fraction of sp³-hybridized carbons (Fsp3) is 0.567. The Bertz CT molecular complexity index is 695. The number of Topliss-reactive ketones (excluding diaryl/α,β-unsaturated/α-hetero) is 1. The third kappa shape index (κ3) is 11.1. The lowest BCUT2D eigenvalue weighted by Crippen LogP contribution is -2.17. The molecule has 1 atom stereocenters. The van der Waals surface area contributed by atoms with Crippen molar-refractivity contribution in [2.24, 2.45) is 0 Å². The summed E-state index contributed by atoms with van der Waals surface area (Å²) in [7, 11) is 0. The first-order chi connectivity index (χ1) is 15.8. The van der Waals surface area contributed by atoms with Gasteiger partial charge in [0, 0.05) is 12.2 Å². The van der Waals surface area contributed by atoms with Gasteiger partial charge in [-0.05, 0) is 12.0 Å². The predicted octanol–water partition coefficient (Wildman–Crippen LogP) is 9.11. The van der Waals surface area contributed by atoms with E-state index in [2.05, 4.69) is 6.92 Å². The largest absolute Gasteiger partial charge is 0.365 e. The summed E-state index contributed by atoms with van der Waals surface area (Å²) in [5, 5.41) is 0. The van der Waals surface area contributed by atoms with E-state index in [4.69, 9.17) is 4.74 Å². The minimum Gasteiger partial charge on any atom is -0.365 e. The number of ketones is 1. The molecule has 0 heterocycles. The third-order valence-corrected chi connectivity index (χ3v) is 6.18. The maximum atomic E-state index is 13.0. The Morgan fingerprint density at radius 1 is 0.625 bits per heavy atom. The summed E-state index contributed by atoms with van der Waals surface area (Å²) in [6, 6.07) is 19.4. The van der Waals surface area contributed by atoms with E-state index >= 15 is 0 Å². The molecule has 176 valence electrons. The van der Waals surface area contributed by atoms with Crippen LogP contribution in [-0.2, 0) is 4.74 Å². The zero-order valence-electron chi connectivity index (χ0n) is 20.3. The van der Waals surface area contributed by atoms with Crippen LogP contribution in [0.2, 0.25) is 0 Å². The first-order valence-electron chi connectivity index (χ1n) is 13.1. The predicted molar refractivity (Wildman–Crippen MR) is 136 cm³/mol. The molecule has 0 saturated heterocycles. The molecular weight excluding hydrogens is 392 g/mol. The van der Waals surface area contributed by atoms with Crippen molar-refractivity contribution in [1.82, 2.24) is 0 Å². The summed E-state index contributed by atoms with van der Waals surface area (Å²) >= 11 is 0. The maximum absolute atomic E-state index is 13.0. The van der Waals surface area contributed by atoms with Crippen molar-refractivity contribution in [2.75, 3.05) is 6.61 Å². The van der Waals surface area contributed by atoms with Crippen LogP contribution in [0.3, 0.4) is 0 Å². The van der Waals surface area contributed by atoms with Crippen molar-refractivity contribution >= 4 is 5.78 Å². The average molecular weight is 437 g/mol. The van der Waals surface area contributed by atoms with Gasteiger partial charge in [-0.25, -0.2) is 0 Å². The number of carbonyl (C=O) groups is 1. The number of rotatable bonds is 19. The summed E-state index contributed by atoms with van der Waals surface area (Å²) < 4.78 is 6.10. The summed E-state index contributed by atoms with van der Waals surface area (Å²) in [6.45, 7) is 2.91. The zero-order chi connectivity index (χ0) is 22.7. The molecule has 0 amide bonds. The molecule has 0 N–H and O–H groups in total. The topological polar surface area (TPSA) is 26.3 Å². The van der Waals surface area contributed by atoms with E-state index in [9.17, 15) is 4.79 Å². The number of carbonyl (C=O) groups excluding carboxylic acids is 1. The Morgan fingerprint density at radius 2 is 1.06 bits per heavy atom. The number of ether oxygens (including phenoxy) is 1. The standard InChI is InChI=1S/C30H44O2/c1-2-3-4-5-6-7-8-9-10-11-12-13-14-21-26-32-30(28-24-19-16-20-25-28)29(31)27-22-17-15-18-23-27/h15-20,22-25,30H,2-14,21,26H2,1H3. The van der Waals surface area contributed by atoms with Crippen LogP contribution in [-0.4, -0.2) is 12.4 Å². The van der Waals surface area contributed by atoms with Crippen LogP contribution in [0, 0.1) is 0 Å². The van der Waals surface area contributed by atoms with Gasteiger partial charge < -0.3 is 4.74 Å². The number of hydrogen-bond donors (Lipinski definition) is 0. The van der Waals surface area contributed by atoms with Crippen LogP contribution >= 0.6 is 0 Å². The maximum Gasteiger partial charge on any atom is 0.196 e. The van der Waals surface area contributed by atoms with Gasteiger partial charge in [0.05, 0.1) is 0 Å². The number of unbranched alkanes of at least 4 members (excludes halogenated alkanes) is 13. The highest BCUT2D eigenvalue weighted by atomic mass is 16.5. The SMILES string of the molecule is CCCCCCCCCCCCCCCCOC(C(=O)c1ccccc1)c1ccccc1. The van der Waals surface area contributed by atoms with Gasteiger partial charge in [-0.2, -0.15) is 0 Å². The van der Waals surface area contributed by atoms with Gasteiger partial charge in [-0.3, -0.25) is 4.79 Å². The lowest BCUT2D eigenvalue weighted by atomic mass is 10.00. The van der Waals surface area contributed by atoms with Gasteiger partial charge in [-0.15, -0.1) is 0 Å². The fourth-order valence-corrected chi connectivity index (χ4v) is 4.20. The molecule has 0 aliphatic rings. The summed E-state index contributed by atoms with van der Waals surface area (Å²) in [5.74, 6) is 0.0437. The van der Waals surface area contributed by atoms with Crippen molar-refractivity contribution in [3.8, 4) is 0 Å². The Kier molecular flexibility index (Phi) is 14.5. The molecule has 2 aromatic carbocycles. The van der Waals surface area contributed by atoms with Crippen LogP contribution in [0.5, 0.6) is 0 Å². The van der Waals surface area contributed by atoms with Crippen LogP contribution in [0.15, 0.2) is 60.7 Å². The number of benzene rings is 2. The third-order valence-electron chi connectivity index (χ3n) is 6.18. The molecule has 2 rings (SSSR count). The van der Waals surface area contributed by atoms with Crippen molar-refractivity contribution in [3.05, 3.63) is 71.8 Å². The highest BCUT2D eigenvalue weighted by molar-refractivity contribution is 6.00. The molecule has 1 unspecified atom stereocenters. The summed E-state index contributed by atoms with van der Waals surface area (Å²) in [6.07, 6.45) is 18.3. The Hall–Kier alpha value is -1.93. The van der Waals surface area contributed by atoms with Crippen LogP contribution in [0.25, 0.3) is 0 Å². The first-order valence-corrected chi connectivity index (χ1v) is 13.1. The average Bonchev–Trinajstić information content (AvgIpc) is 2.84. The van der Waals surface area contributed by atoms with Crippen LogP contribution in [0.1, 0.15) is 119 Å². The molecule has 0 aliphatic carbocycles. The molecule has 0 aromatic heterocycles. The smallest absolute Gasteiger partial charge is 0.196 e. The Morgan fingerprint density at radius 3 is 1.56 bits per heavy atom. The molecule has 0 saturated carbocycles. The molecule has 32 heavy (non-hydrogen) atoms. The monoisotopic (exact) mass is 436 g/mol. The van der Waals surface area contributed by atoms with Gasteiger partial charge in [0.2, 0.25) is 0 Å².